The monoisotopic (exact) mass is 407 g/mol. The summed E-state index contributed by atoms with van der Waals surface area (Å²) in [4.78, 5) is 23.9. The average molecular weight is 407 g/mol. The highest BCUT2D eigenvalue weighted by Gasteiger charge is 2.34. The van der Waals surface area contributed by atoms with Crippen LogP contribution in [0, 0.1) is 13.8 Å². The number of hydrogen-bond donors (Lipinski definition) is 2. The van der Waals surface area contributed by atoms with Crippen molar-refractivity contribution >= 4 is 17.5 Å². The van der Waals surface area contributed by atoms with Gasteiger partial charge in [0.2, 0.25) is 0 Å². The Balaban J connectivity index is 1.63. The van der Waals surface area contributed by atoms with Gasteiger partial charge >= 0.3 is 18.0 Å². The summed E-state index contributed by atoms with van der Waals surface area (Å²) in [7, 11) is 0. The third-order valence-corrected chi connectivity index (χ3v) is 4.05. The largest absolute Gasteiger partial charge is 0.459 e. The minimum atomic E-state index is -4.66. The van der Waals surface area contributed by atoms with E-state index in [1.54, 1.807) is 26.0 Å². The maximum absolute atomic E-state index is 13.0. The van der Waals surface area contributed by atoms with Gasteiger partial charge in [0.1, 0.15) is 17.3 Å². The SMILES string of the molecule is Cc1noc(C)c1-c1ccc(CNC(=O)C(=O)Nc2ccccc2C(F)(F)F)o1. The lowest BCUT2D eigenvalue weighted by atomic mass is 10.1. The number of rotatable bonds is 4. The van der Waals surface area contributed by atoms with E-state index in [-0.39, 0.29) is 6.54 Å². The number of carbonyl (C=O) groups is 2. The van der Waals surface area contributed by atoms with Gasteiger partial charge in [0.15, 0.2) is 0 Å². The van der Waals surface area contributed by atoms with Crippen LogP contribution in [0.2, 0.25) is 0 Å². The van der Waals surface area contributed by atoms with Gasteiger partial charge in [-0.1, -0.05) is 17.3 Å². The van der Waals surface area contributed by atoms with E-state index in [1.807, 2.05) is 5.32 Å². The number of aromatic nitrogens is 1. The highest BCUT2D eigenvalue weighted by molar-refractivity contribution is 6.39. The maximum Gasteiger partial charge on any atom is 0.418 e. The maximum atomic E-state index is 13.0. The molecule has 0 unspecified atom stereocenters. The molecule has 1 aromatic carbocycles. The smallest absolute Gasteiger partial charge is 0.418 e. The van der Waals surface area contributed by atoms with Crippen molar-refractivity contribution < 1.29 is 31.7 Å². The average Bonchev–Trinajstić information content (AvgIpc) is 3.25. The van der Waals surface area contributed by atoms with Crippen molar-refractivity contribution in [3.8, 4) is 11.3 Å². The van der Waals surface area contributed by atoms with E-state index in [2.05, 4.69) is 10.5 Å². The Labute approximate surface area is 162 Å². The zero-order chi connectivity index (χ0) is 21.2. The van der Waals surface area contributed by atoms with Crippen molar-refractivity contribution in [3.05, 3.63) is 59.2 Å². The Morgan fingerprint density at radius 1 is 1.07 bits per heavy atom. The third kappa shape index (κ3) is 4.48. The molecule has 7 nitrogen and oxygen atoms in total. The Morgan fingerprint density at radius 3 is 2.45 bits per heavy atom. The highest BCUT2D eigenvalue weighted by Crippen LogP contribution is 2.34. The van der Waals surface area contributed by atoms with Gasteiger partial charge in [0, 0.05) is 0 Å². The summed E-state index contributed by atoms with van der Waals surface area (Å²) in [6.07, 6.45) is -4.66. The normalized spacial score (nSPS) is 11.3. The second kappa shape index (κ2) is 7.82. The van der Waals surface area contributed by atoms with Crippen LogP contribution in [0.25, 0.3) is 11.3 Å². The lowest BCUT2D eigenvalue weighted by Crippen LogP contribution is -2.35. The fraction of sp³-hybridized carbons (Fsp3) is 0.211. The first-order chi connectivity index (χ1) is 13.7. The zero-order valence-corrected chi connectivity index (χ0v) is 15.4. The van der Waals surface area contributed by atoms with Crippen molar-refractivity contribution in [1.29, 1.82) is 0 Å². The van der Waals surface area contributed by atoms with Gasteiger partial charge in [0.25, 0.3) is 0 Å². The fourth-order valence-corrected chi connectivity index (χ4v) is 2.71. The molecule has 10 heteroatoms. The van der Waals surface area contributed by atoms with E-state index < -0.39 is 29.2 Å². The van der Waals surface area contributed by atoms with Gasteiger partial charge in [-0.3, -0.25) is 9.59 Å². The van der Waals surface area contributed by atoms with Crippen molar-refractivity contribution in [2.75, 3.05) is 5.32 Å². The summed E-state index contributed by atoms with van der Waals surface area (Å²) in [6.45, 7) is 3.35. The Hall–Kier alpha value is -3.56. The minimum absolute atomic E-state index is 0.128. The van der Waals surface area contributed by atoms with Crippen LogP contribution >= 0.6 is 0 Å². The number of aryl methyl sites for hydroxylation is 2. The van der Waals surface area contributed by atoms with Crippen LogP contribution in [0.15, 0.2) is 45.3 Å². The van der Waals surface area contributed by atoms with Crippen LogP contribution in [0.4, 0.5) is 18.9 Å². The molecular weight excluding hydrogens is 391 g/mol. The molecule has 152 valence electrons. The van der Waals surface area contributed by atoms with E-state index in [4.69, 9.17) is 8.94 Å². The first kappa shape index (κ1) is 20.2. The number of carbonyl (C=O) groups excluding carboxylic acids is 2. The number of halogens is 3. The molecule has 0 radical (unpaired) electrons. The van der Waals surface area contributed by atoms with Gasteiger partial charge in [-0.25, -0.2) is 0 Å². The molecule has 0 fully saturated rings. The van der Waals surface area contributed by atoms with Crippen LogP contribution in [0.1, 0.15) is 22.8 Å². The van der Waals surface area contributed by atoms with Crippen LogP contribution in [0.3, 0.4) is 0 Å². The van der Waals surface area contributed by atoms with Gasteiger partial charge in [-0.05, 0) is 38.1 Å². The van der Waals surface area contributed by atoms with Crippen LogP contribution in [-0.4, -0.2) is 17.0 Å². The number of amides is 2. The Kier molecular flexibility index (Phi) is 5.44. The summed E-state index contributed by atoms with van der Waals surface area (Å²) in [6, 6.07) is 7.64. The summed E-state index contributed by atoms with van der Waals surface area (Å²) in [5, 5.41) is 8.10. The number of alkyl halides is 3. The molecule has 3 rings (SSSR count). The van der Waals surface area contributed by atoms with E-state index in [1.165, 1.54) is 12.1 Å². The van der Waals surface area contributed by atoms with Crippen LogP contribution in [-0.2, 0) is 22.3 Å². The molecule has 3 aromatic rings. The fourth-order valence-electron chi connectivity index (χ4n) is 2.71. The van der Waals surface area contributed by atoms with E-state index >= 15 is 0 Å². The summed E-state index contributed by atoms with van der Waals surface area (Å²) in [5.74, 6) is -0.933. The van der Waals surface area contributed by atoms with Crippen molar-refractivity contribution in [3.63, 3.8) is 0 Å². The number of para-hydroxylation sites is 1. The van der Waals surface area contributed by atoms with Crippen molar-refractivity contribution in [2.24, 2.45) is 0 Å². The molecular formula is C19H16F3N3O4. The number of anilines is 1. The molecule has 2 heterocycles. The number of benzene rings is 1. The van der Waals surface area contributed by atoms with Crippen molar-refractivity contribution in [2.45, 2.75) is 26.6 Å². The second-order valence-corrected chi connectivity index (χ2v) is 6.15. The summed E-state index contributed by atoms with van der Waals surface area (Å²) < 4.78 is 49.6. The van der Waals surface area contributed by atoms with E-state index in [9.17, 15) is 22.8 Å². The molecule has 29 heavy (non-hydrogen) atoms. The summed E-state index contributed by atoms with van der Waals surface area (Å²) in [5.41, 5.74) is -0.227. The van der Waals surface area contributed by atoms with Gasteiger partial charge < -0.3 is 19.6 Å². The predicted octanol–water partition coefficient (Wildman–Crippen LogP) is 3.83. The molecule has 0 aliphatic rings. The van der Waals surface area contributed by atoms with E-state index in [0.717, 1.165) is 12.1 Å². The zero-order valence-electron chi connectivity index (χ0n) is 15.4. The quantitative estimate of drug-likeness (QED) is 0.641. The molecule has 0 saturated carbocycles. The Bertz CT molecular complexity index is 1030. The molecule has 2 N–H and O–H groups in total. The standard InChI is InChI=1S/C19H16F3N3O4/c1-10-16(11(2)29-25-10)15-8-7-12(28-15)9-23-17(26)18(27)24-14-6-4-3-5-13(14)19(20,21)22/h3-8H,9H2,1-2H3,(H,23,26)(H,24,27). The Morgan fingerprint density at radius 2 is 1.79 bits per heavy atom. The highest BCUT2D eigenvalue weighted by atomic mass is 19.4. The molecule has 2 aromatic heterocycles. The molecule has 0 aliphatic carbocycles. The lowest BCUT2D eigenvalue weighted by molar-refractivity contribution is -0.138. The molecule has 0 spiro atoms. The molecule has 0 atom stereocenters. The van der Waals surface area contributed by atoms with Gasteiger partial charge in [0.05, 0.1) is 29.1 Å². The summed E-state index contributed by atoms with van der Waals surface area (Å²) >= 11 is 0. The van der Waals surface area contributed by atoms with Gasteiger partial charge in [-0.2, -0.15) is 13.2 Å². The van der Waals surface area contributed by atoms with Crippen LogP contribution in [0.5, 0.6) is 0 Å². The number of furan rings is 1. The minimum Gasteiger partial charge on any atom is -0.459 e. The number of nitrogens with zero attached hydrogens (tertiary/aromatic N) is 1. The van der Waals surface area contributed by atoms with Crippen molar-refractivity contribution in [1.82, 2.24) is 10.5 Å². The first-order valence-corrected chi connectivity index (χ1v) is 8.44. The first-order valence-electron chi connectivity index (χ1n) is 8.44. The molecule has 0 saturated heterocycles. The van der Waals surface area contributed by atoms with Gasteiger partial charge in [-0.15, -0.1) is 0 Å². The molecule has 2 amide bonds. The van der Waals surface area contributed by atoms with E-state index in [0.29, 0.717) is 28.5 Å². The third-order valence-electron chi connectivity index (χ3n) is 4.05. The predicted molar refractivity (Wildman–Crippen MR) is 95.6 cm³/mol. The van der Waals surface area contributed by atoms with Crippen LogP contribution < -0.4 is 10.6 Å². The topological polar surface area (TPSA) is 97.4 Å². The number of hydrogen-bond acceptors (Lipinski definition) is 5. The lowest BCUT2D eigenvalue weighted by Gasteiger charge is -2.13. The number of nitrogens with one attached hydrogen (secondary N) is 2. The second-order valence-electron chi connectivity index (χ2n) is 6.15. The molecule has 0 bridgehead atoms. The molecule has 0 aliphatic heterocycles.